The van der Waals surface area contributed by atoms with E-state index in [4.69, 9.17) is 18.6 Å². The van der Waals surface area contributed by atoms with Crippen molar-refractivity contribution in [3.8, 4) is 22.6 Å². The number of carbonyl (C=O) groups is 3. The lowest BCUT2D eigenvalue weighted by Gasteiger charge is -2.40. The molecular formula is C52H69N5O8Si. The Balaban J connectivity index is 0.759. The topological polar surface area (TPSA) is 151 Å². The molecule has 66 heavy (non-hydrogen) atoms. The minimum Gasteiger partial charge on any atom is -0.506 e. The van der Waals surface area contributed by atoms with Crippen LogP contribution in [0.4, 0.5) is 16.2 Å². The zero-order chi connectivity index (χ0) is 46.8. The van der Waals surface area contributed by atoms with Gasteiger partial charge in [0.1, 0.15) is 17.5 Å². The standard InChI is InChI=1S/C52H69N5O8Si/c1-52(2,3)66(5,6)65-46(43-20-21-45(58)49-50(43)63-35-47(59)55-49)32-53-25-27-56(4)48(60)24-29-62-28-23-37-18-16-36(17-19-37)22-26-57-33-39-30-41(31-40(39)34-57)64-51(61)54-44-15-11-10-14-42(44)38-12-8-7-9-13-38/h7-21,39-41,46,53,58H,22-35H2,1-6H3,(H,54,61)(H,55,59)/t39-,40+,41+,46-/m0/s1. The highest BCUT2D eigenvalue weighted by Gasteiger charge is 2.43. The fourth-order valence-corrected chi connectivity index (χ4v) is 10.2. The number of phenols is 1. The number of likely N-dealkylation sites (tertiary alicyclic amines) is 1. The first-order chi connectivity index (χ1) is 31.6. The molecule has 2 aliphatic heterocycles. The lowest BCUT2D eigenvalue weighted by atomic mass is 10.0. The molecule has 3 amide bonds. The summed E-state index contributed by atoms with van der Waals surface area (Å²) in [6.45, 7) is 16.3. The number of carbonyl (C=O) groups excluding carboxylic acids is 3. The minimum atomic E-state index is -2.24. The molecule has 2 heterocycles. The second kappa shape index (κ2) is 22.0. The highest BCUT2D eigenvalue weighted by atomic mass is 28.4. The number of amides is 3. The number of rotatable bonds is 20. The summed E-state index contributed by atoms with van der Waals surface area (Å²) in [5.74, 6) is 1.18. The SMILES string of the molecule is CN(CCNC[C@H](O[Si](C)(C)C(C)(C)C)c1ccc(O)c2c1OCC(=O)N2)C(=O)CCOCCc1ccc(CCN2C[C@H]3C[C@H](OC(=O)Nc4ccccc4-c4ccccc4)C[C@H]3C2)cc1. The fraction of sp³-hybridized carbons (Fsp3) is 0.481. The number of para-hydroxylation sites is 1. The molecule has 0 aromatic heterocycles. The quantitative estimate of drug-likeness (QED) is 0.0386. The molecule has 1 saturated carbocycles. The number of anilines is 2. The molecule has 1 saturated heterocycles. The van der Waals surface area contributed by atoms with Gasteiger partial charge in [-0.15, -0.1) is 0 Å². The summed E-state index contributed by atoms with van der Waals surface area (Å²) >= 11 is 0. The molecule has 0 radical (unpaired) electrons. The molecule has 2 fully saturated rings. The number of nitrogens with one attached hydrogen (secondary N) is 3. The number of nitrogens with zero attached hydrogens (tertiary/aromatic N) is 2. The molecule has 0 unspecified atom stereocenters. The van der Waals surface area contributed by atoms with Crippen molar-refractivity contribution in [3.63, 3.8) is 0 Å². The van der Waals surface area contributed by atoms with Crippen LogP contribution in [-0.4, -0.2) is 113 Å². The van der Waals surface area contributed by atoms with Crippen LogP contribution in [0.3, 0.4) is 0 Å². The van der Waals surface area contributed by atoms with Crippen molar-refractivity contribution in [2.75, 3.05) is 76.8 Å². The number of fused-ring (bicyclic) bond motifs is 2. The maximum Gasteiger partial charge on any atom is 0.411 e. The fourth-order valence-electron chi connectivity index (χ4n) is 8.96. The molecule has 4 aromatic rings. The predicted octanol–water partition coefficient (Wildman–Crippen LogP) is 8.65. The highest BCUT2D eigenvalue weighted by Crippen LogP contribution is 2.46. The van der Waals surface area contributed by atoms with Crippen molar-refractivity contribution >= 4 is 37.6 Å². The number of benzene rings is 4. The summed E-state index contributed by atoms with van der Waals surface area (Å²) in [6.07, 6.45) is 3.08. The van der Waals surface area contributed by atoms with Crippen LogP contribution in [0.25, 0.3) is 11.1 Å². The van der Waals surface area contributed by atoms with E-state index in [0.29, 0.717) is 56.9 Å². The molecule has 4 N–H and O–H groups in total. The molecule has 14 heteroatoms. The summed E-state index contributed by atoms with van der Waals surface area (Å²) < 4.78 is 24.5. The largest absolute Gasteiger partial charge is 0.506 e. The van der Waals surface area contributed by atoms with Gasteiger partial charge in [-0.2, -0.15) is 0 Å². The zero-order valence-corrected chi connectivity index (χ0v) is 40.6. The van der Waals surface area contributed by atoms with Gasteiger partial charge in [-0.1, -0.05) is 93.6 Å². The lowest BCUT2D eigenvalue weighted by molar-refractivity contribution is -0.131. The van der Waals surface area contributed by atoms with Gasteiger partial charge < -0.3 is 44.2 Å². The van der Waals surface area contributed by atoms with Crippen LogP contribution >= 0.6 is 0 Å². The summed E-state index contributed by atoms with van der Waals surface area (Å²) in [6, 6.07) is 30.0. The molecule has 0 spiro atoms. The second-order valence-corrected chi connectivity index (χ2v) is 24.4. The van der Waals surface area contributed by atoms with Gasteiger partial charge in [0.05, 0.1) is 31.4 Å². The molecule has 7 rings (SSSR count). The van der Waals surface area contributed by atoms with E-state index in [-0.39, 0.29) is 47.1 Å². The Hall–Kier alpha value is -5.25. The number of likely N-dealkylation sites (N-methyl/N-ethyl adjacent to an activating group) is 1. The highest BCUT2D eigenvalue weighted by molar-refractivity contribution is 6.74. The third-order valence-electron chi connectivity index (χ3n) is 13.8. The Kier molecular flexibility index (Phi) is 16.2. The number of aromatic hydroxyl groups is 1. The molecule has 4 aromatic carbocycles. The Labute approximate surface area is 391 Å². The van der Waals surface area contributed by atoms with Crippen LogP contribution < -0.4 is 20.7 Å². The molecule has 0 bridgehead atoms. The van der Waals surface area contributed by atoms with Crippen LogP contribution in [0, 0.1) is 11.8 Å². The van der Waals surface area contributed by atoms with Crippen molar-refractivity contribution in [1.82, 2.24) is 15.1 Å². The Morgan fingerprint density at radius 1 is 0.924 bits per heavy atom. The van der Waals surface area contributed by atoms with Gasteiger partial charge in [0.2, 0.25) is 5.91 Å². The molecule has 13 nitrogen and oxygen atoms in total. The van der Waals surface area contributed by atoms with Gasteiger partial charge in [-0.25, -0.2) is 4.79 Å². The Morgan fingerprint density at radius 3 is 2.32 bits per heavy atom. The van der Waals surface area contributed by atoms with E-state index in [2.05, 4.69) is 79.0 Å². The first-order valence-electron chi connectivity index (χ1n) is 23.5. The first kappa shape index (κ1) is 48.7. The van der Waals surface area contributed by atoms with E-state index >= 15 is 0 Å². The van der Waals surface area contributed by atoms with Crippen molar-refractivity contribution in [3.05, 3.63) is 108 Å². The van der Waals surface area contributed by atoms with Gasteiger partial charge in [0.15, 0.2) is 20.7 Å². The zero-order valence-electron chi connectivity index (χ0n) is 39.6. The van der Waals surface area contributed by atoms with Crippen LogP contribution in [0.15, 0.2) is 91.0 Å². The van der Waals surface area contributed by atoms with E-state index in [0.717, 1.165) is 67.7 Å². The van der Waals surface area contributed by atoms with E-state index in [9.17, 15) is 19.5 Å². The van der Waals surface area contributed by atoms with E-state index < -0.39 is 14.4 Å². The number of ether oxygens (including phenoxy) is 3. The van der Waals surface area contributed by atoms with E-state index in [1.807, 2.05) is 54.6 Å². The maximum absolute atomic E-state index is 13.0. The maximum atomic E-state index is 13.0. The average Bonchev–Trinajstić information content (AvgIpc) is 3.85. The average molecular weight is 920 g/mol. The summed E-state index contributed by atoms with van der Waals surface area (Å²) in [5.41, 5.74) is 6.33. The minimum absolute atomic E-state index is 0.0193. The molecule has 354 valence electrons. The van der Waals surface area contributed by atoms with Crippen LogP contribution in [0.5, 0.6) is 11.5 Å². The van der Waals surface area contributed by atoms with Gasteiger partial charge in [0.25, 0.3) is 5.91 Å². The molecular weight excluding hydrogens is 851 g/mol. The van der Waals surface area contributed by atoms with Crippen molar-refractivity contribution < 1.29 is 38.1 Å². The van der Waals surface area contributed by atoms with Crippen LogP contribution in [0.1, 0.15) is 62.8 Å². The summed E-state index contributed by atoms with van der Waals surface area (Å²) in [5, 5.41) is 19.6. The third-order valence-corrected chi connectivity index (χ3v) is 18.3. The number of phenolic OH excluding ortho intramolecular Hbond substituents is 1. The van der Waals surface area contributed by atoms with Crippen molar-refractivity contribution in [2.45, 2.75) is 83.2 Å². The first-order valence-corrected chi connectivity index (χ1v) is 26.5. The van der Waals surface area contributed by atoms with Gasteiger partial charge >= 0.3 is 6.09 Å². The van der Waals surface area contributed by atoms with E-state index in [1.165, 1.54) is 11.1 Å². The smallest absolute Gasteiger partial charge is 0.411 e. The molecule has 3 aliphatic rings. The summed E-state index contributed by atoms with van der Waals surface area (Å²) in [4.78, 5) is 42.2. The van der Waals surface area contributed by atoms with E-state index in [1.54, 1.807) is 24.1 Å². The van der Waals surface area contributed by atoms with Crippen LogP contribution in [-0.2, 0) is 36.3 Å². The number of hydrogen-bond donors (Lipinski definition) is 4. The lowest BCUT2D eigenvalue weighted by Crippen LogP contribution is -2.44. The number of hydrogen-bond acceptors (Lipinski definition) is 10. The Bertz CT molecular complexity index is 2260. The van der Waals surface area contributed by atoms with Crippen molar-refractivity contribution in [2.24, 2.45) is 11.8 Å². The third kappa shape index (κ3) is 12.8. The Morgan fingerprint density at radius 2 is 1.61 bits per heavy atom. The van der Waals surface area contributed by atoms with Gasteiger partial charge in [-0.3, -0.25) is 14.9 Å². The van der Waals surface area contributed by atoms with Crippen molar-refractivity contribution in [1.29, 1.82) is 0 Å². The normalized spacial score (nSPS) is 18.8. The summed E-state index contributed by atoms with van der Waals surface area (Å²) in [7, 11) is -0.432. The molecule has 1 aliphatic carbocycles. The monoisotopic (exact) mass is 919 g/mol. The second-order valence-electron chi connectivity index (χ2n) is 19.6. The predicted molar refractivity (Wildman–Crippen MR) is 261 cm³/mol. The molecule has 4 atom stereocenters. The van der Waals surface area contributed by atoms with Crippen LogP contribution in [0.2, 0.25) is 18.1 Å². The van der Waals surface area contributed by atoms with Gasteiger partial charge in [-0.05, 0) is 90.5 Å². The van der Waals surface area contributed by atoms with Gasteiger partial charge in [0, 0.05) is 57.4 Å².